The van der Waals surface area contributed by atoms with Crippen molar-refractivity contribution in [1.29, 1.82) is 0 Å². The molecule has 0 aliphatic carbocycles. The van der Waals surface area contributed by atoms with E-state index in [1.807, 2.05) is 0 Å². The molecule has 0 bridgehead atoms. The minimum atomic E-state index is -3.73. The third-order valence-corrected chi connectivity index (χ3v) is 4.39. The van der Waals surface area contributed by atoms with E-state index in [1.165, 1.54) is 16.7 Å². The van der Waals surface area contributed by atoms with Gasteiger partial charge in [-0.3, -0.25) is 4.79 Å². The summed E-state index contributed by atoms with van der Waals surface area (Å²) in [6.45, 7) is 0. The van der Waals surface area contributed by atoms with Gasteiger partial charge in [0, 0.05) is 17.7 Å². The molecule has 15 heavy (non-hydrogen) atoms. The van der Waals surface area contributed by atoms with Gasteiger partial charge in [0.05, 0.1) is 15.1 Å². The Kier molecular flexibility index (Phi) is 2.37. The van der Waals surface area contributed by atoms with Gasteiger partial charge >= 0.3 is 4.87 Å². The van der Waals surface area contributed by atoms with Crippen molar-refractivity contribution in [3.8, 4) is 0 Å². The van der Waals surface area contributed by atoms with Crippen LogP contribution in [0.3, 0.4) is 0 Å². The zero-order valence-corrected chi connectivity index (χ0v) is 9.99. The Morgan fingerprint density at radius 2 is 2.07 bits per heavy atom. The lowest BCUT2D eigenvalue weighted by atomic mass is 10.3. The number of fused-ring (bicyclic) bond motifs is 1. The van der Waals surface area contributed by atoms with Crippen molar-refractivity contribution < 1.29 is 8.42 Å². The van der Waals surface area contributed by atoms with Gasteiger partial charge in [0.2, 0.25) is 0 Å². The first-order valence-electron chi connectivity index (χ1n) is 3.94. The second-order valence-electron chi connectivity index (χ2n) is 2.99. The van der Waals surface area contributed by atoms with Crippen molar-refractivity contribution in [1.82, 2.24) is 4.57 Å². The Balaban J connectivity index is 2.84. The Morgan fingerprint density at radius 3 is 2.67 bits per heavy atom. The minimum Gasteiger partial charge on any atom is -0.302 e. The quantitative estimate of drug-likeness (QED) is 0.733. The van der Waals surface area contributed by atoms with Gasteiger partial charge in [-0.1, -0.05) is 11.3 Å². The highest BCUT2D eigenvalue weighted by atomic mass is 35.7. The minimum absolute atomic E-state index is 0.0125. The maximum Gasteiger partial charge on any atom is 0.307 e. The van der Waals surface area contributed by atoms with Crippen LogP contribution < -0.4 is 4.87 Å². The lowest BCUT2D eigenvalue weighted by Crippen LogP contribution is -2.06. The number of aromatic nitrogens is 1. The molecule has 1 aromatic carbocycles. The predicted octanol–water partition coefficient (Wildman–Crippen LogP) is 1.53. The Labute approximate surface area is 94.1 Å². The highest BCUT2D eigenvalue weighted by Crippen LogP contribution is 2.22. The Hall–Kier alpha value is -0.850. The zero-order chi connectivity index (χ0) is 11.2. The first-order chi connectivity index (χ1) is 6.89. The molecule has 0 atom stereocenters. The summed E-state index contributed by atoms with van der Waals surface area (Å²) in [7, 11) is 3.10. The van der Waals surface area contributed by atoms with Gasteiger partial charge < -0.3 is 4.57 Å². The third kappa shape index (κ3) is 1.80. The molecule has 0 saturated heterocycles. The van der Waals surface area contributed by atoms with Gasteiger partial charge in [0.25, 0.3) is 9.05 Å². The largest absolute Gasteiger partial charge is 0.307 e. The fourth-order valence-electron chi connectivity index (χ4n) is 1.27. The van der Waals surface area contributed by atoms with Crippen LogP contribution >= 0.6 is 22.0 Å². The van der Waals surface area contributed by atoms with Crippen molar-refractivity contribution in [3.05, 3.63) is 27.9 Å². The molecule has 0 aliphatic rings. The van der Waals surface area contributed by atoms with Crippen molar-refractivity contribution in [2.75, 3.05) is 0 Å². The Morgan fingerprint density at radius 1 is 1.40 bits per heavy atom. The molecule has 0 unspecified atom stereocenters. The summed E-state index contributed by atoms with van der Waals surface area (Å²) in [5, 5.41) is 0. The van der Waals surface area contributed by atoms with E-state index < -0.39 is 9.05 Å². The van der Waals surface area contributed by atoms with Crippen molar-refractivity contribution in [2.24, 2.45) is 7.05 Å². The number of rotatable bonds is 1. The van der Waals surface area contributed by atoms with Gasteiger partial charge in [-0.05, 0) is 18.2 Å². The van der Waals surface area contributed by atoms with Crippen LogP contribution in [0.1, 0.15) is 0 Å². The number of hydrogen-bond acceptors (Lipinski definition) is 4. The molecular weight excluding hydrogens is 258 g/mol. The molecule has 4 nitrogen and oxygen atoms in total. The summed E-state index contributed by atoms with van der Waals surface area (Å²) in [5.41, 5.74) is 0.703. The van der Waals surface area contributed by atoms with E-state index in [9.17, 15) is 13.2 Å². The summed E-state index contributed by atoms with van der Waals surface area (Å²) in [6.07, 6.45) is 0. The van der Waals surface area contributed by atoms with Crippen molar-refractivity contribution >= 4 is 41.3 Å². The van der Waals surface area contributed by atoms with Crippen LogP contribution in [-0.2, 0) is 16.1 Å². The Bertz CT molecular complexity index is 683. The number of halogens is 1. The van der Waals surface area contributed by atoms with Crippen LogP contribution in [-0.4, -0.2) is 13.0 Å². The lowest BCUT2D eigenvalue weighted by Gasteiger charge is -1.96. The number of thiazole rings is 1. The highest BCUT2D eigenvalue weighted by molar-refractivity contribution is 8.13. The van der Waals surface area contributed by atoms with E-state index in [0.717, 1.165) is 11.3 Å². The predicted molar refractivity (Wildman–Crippen MR) is 60.1 cm³/mol. The summed E-state index contributed by atoms with van der Waals surface area (Å²) in [5.74, 6) is 0. The second kappa shape index (κ2) is 3.33. The number of hydrogen-bond donors (Lipinski definition) is 0. The maximum atomic E-state index is 11.3. The van der Waals surface area contributed by atoms with Crippen LogP contribution in [0.2, 0.25) is 0 Å². The average molecular weight is 264 g/mol. The van der Waals surface area contributed by atoms with Crippen LogP contribution in [0, 0.1) is 0 Å². The van der Waals surface area contributed by atoms with E-state index in [2.05, 4.69) is 0 Å². The summed E-state index contributed by atoms with van der Waals surface area (Å²) < 4.78 is 24.2. The van der Waals surface area contributed by atoms with Gasteiger partial charge in [0.1, 0.15) is 0 Å². The van der Waals surface area contributed by atoms with Crippen LogP contribution in [0.5, 0.6) is 0 Å². The highest BCUT2D eigenvalue weighted by Gasteiger charge is 2.12. The van der Waals surface area contributed by atoms with Crippen LogP contribution in [0.4, 0.5) is 0 Å². The molecule has 0 spiro atoms. The molecule has 2 rings (SSSR count). The molecule has 1 heterocycles. The molecular formula is C8H6ClNO3S2. The van der Waals surface area contributed by atoms with E-state index in [1.54, 1.807) is 13.1 Å². The summed E-state index contributed by atoms with van der Waals surface area (Å²) >= 11 is 0.993. The SMILES string of the molecule is Cn1c(=O)sc2cc(S(=O)(=O)Cl)ccc21. The molecule has 80 valence electrons. The number of nitrogens with zero attached hydrogens (tertiary/aromatic N) is 1. The molecule has 7 heteroatoms. The van der Waals surface area contributed by atoms with E-state index in [4.69, 9.17) is 10.7 Å². The monoisotopic (exact) mass is 263 g/mol. The lowest BCUT2D eigenvalue weighted by molar-refractivity contribution is 0.609. The van der Waals surface area contributed by atoms with Crippen molar-refractivity contribution in [3.63, 3.8) is 0 Å². The second-order valence-corrected chi connectivity index (χ2v) is 6.55. The van der Waals surface area contributed by atoms with Crippen molar-refractivity contribution in [2.45, 2.75) is 4.90 Å². The third-order valence-electron chi connectivity index (χ3n) is 2.05. The van der Waals surface area contributed by atoms with Gasteiger partial charge in [-0.25, -0.2) is 8.42 Å². The molecule has 0 N–H and O–H groups in total. The average Bonchev–Trinajstić information content (AvgIpc) is 2.41. The molecule has 0 amide bonds. The topological polar surface area (TPSA) is 56.1 Å². The van der Waals surface area contributed by atoms with E-state index in [-0.39, 0.29) is 9.77 Å². The molecule has 1 aromatic heterocycles. The fraction of sp³-hybridized carbons (Fsp3) is 0.125. The molecule has 2 aromatic rings. The molecule has 0 fully saturated rings. The first kappa shape index (κ1) is 10.7. The van der Waals surface area contributed by atoms with E-state index in [0.29, 0.717) is 10.2 Å². The summed E-state index contributed by atoms with van der Waals surface area (Å²) in [4.78, 5) is 11.2. The van der Waals surface area contributed by atoms with Crippen LogP contribution in [0.15, 0.2) is 27.9 Å². The zero-order valence-electron chi connectivity index (χ0n) is 7.60. The van der Waals surface area contributed by atoms with Gasteiger partial charge in [0.15, 0.2) is 0 Å². The van der Waals surface area contributed by atoms with Crippen LogP contribution in [0.25, 0.3) is 10.2 Å². The normalized spacial score (nSPS) is 12.1. The summed E-state index contributed by atoms with van der Waals surface area (Å²) in [6, 6.07) is 4.36. The number of benzene rings is 1. The molecule has 0 radical (unpaired) electrons. The van der Waals surface area contributed by atoms with Gasteiger partial charge in [-0.2, -0.15) is 0 Å². The first-order valence-corrected chi connectivity index (χ1v) is 7.06. The standard InChI is InChI=1S/C8H6ClNO3S2/c1-10-6-3-2-5(15(9,12)13)4-7(6)14-8(10)11/h2-4H,1H3. The maximum absolute atomic E-state index is 11.3. The smallest absolute Gasteiger partial charge is 0.302 e. The van der Waals surface area contributed by atoms with E-state index >= 15 is 0 Å². The molecule has 0 saturated carbocycles. The van der Waals surface area contributed by atoms with Gasteiger partial charge in [-0.15, -0.1) is 0 Å². The number of aryl methyl sites for hydroxylation is 1. The fourth-order valence-corrected chi connectivity index (χ4v) is 3.04. The molecule has 0 aliphatic heterocycles.